The molecule has 2 aromatic heterocycles. The first-order chi connectivity index (χ1) is 13.6. The number of ether oxygens (including phenoxy) is 1. The quantitative estimate of drug-likeness (QED) is 0.573. The Balaban J connectivity index is 1.91. The number of aromatic nitrogens is 3. The number of benzene rings is 2. The van der Waals surface area contributed by atoms with Gasteiger partial charge in [-0.15, -0.1) is 0 Å². The molecule has 0 spiro atoms. The lowest BCUT2D eigenvalue weighted by atomic mass is 10.1. The standard InChI is InChI=1S/C21H19N5O2/c1-23-21(27)13-6-8-15(9-7-13)26-11-17(14-4-3-5-16(10-14)28-2)18-19(22)24-12-25-20(18)26/h3-12H,1-2H3,(H,23,27)(H2,22,24,25). The molecule has 0 bridgehead atoms. The van der Waals surface area contributed by atoms with Crippen LogP contribution in [0, 0.1) is 0 Å². The van der Waals surface area contributed by atoms with Crippen LogP contribution in [0.3, 0.4) is 0 Å². The van der Waals surface area contributed by atoms with E-state index < -0.39 is 0 Å². The van der Waals surface area contributed by atoms with Crippen LogP contribution in [0.4, 0.5) is 5.82 Å². The first-order valence-corrected chi connectivity index (χ1v) is 8.71. The van der Waals surface area contributed by atoms with E-state index in [2.05, 4.69) is 15.3 Å². The molecule has 0 atom stereocenters. The fourth-order valence-electron chi connectivity index (χ4n) is 3.21. The van der Waals surface area contributed by atoms with Gasteiger partial charge in [-0.3, -0.25) is 4.79 Å². The van der Waals surface area contributed by atoms with E-state index in [0.29, 0.717) is 17.0 Å². The summed E-state index contributed by atoms with van der Waals surface area (Å²) in [6.45, 7) is 0. The minimum atomic E-state index is -0.132. The second-order valence-corrected chi connectivity index (χ2v) is 6.23. The number of nitrogens with two attached hydrogens (primary N) is 1. The van der Waals surface area contributed by atoms with Gasteiger partial charge in [0.1, 0.15) is 17.9 Å². The first-order valence-electron chi connectivity index (χ1n) is 8.71. The molecular formula is C21H19N5O2. The molecule has 7 nitrogen and oxygen atoms in total. The van der Waals surface area contributed by atoms with Crippen molar-refractivity contribution in [2.75, 3.05) is 19.9 Å². The predicted octanol–water partition coefficient (Wildman–Crippen LogP) is 3.04. The molecule has 28 heavy (non-hydrogen) atoms. The van der Waals surface area contributed by atoms with Gasteiger partial charge in [-0.2, -0.15) is 0 Å². The molecule has 0 radical (unpaired) electrons. The number of nitrogen functional groups attached to an aromatic ring is 1. The fourth-order valence-corrected chi connectivity index (χ4v) is 3.21. The third-order valence-corrected chi connectivity index (χ3v) is 4.63. The van der Waals surface area contributed by atoms with Gasteiger partial charge >= 0.3 is 0 Å². The van der Waals surface area contributed by atoms with E-state index in [1.165, 1.54) is 6.33 Å². The average molecular weight is 373 g/mol. The van der Waals surface area contributed by atoms with E-state index in [1.54, 1.807) is 26.3 Å². The number of fused-ring (bicyclic) bond motifs is 1. The highest BCUT2D eigenvalue weighted by Gasteiger charge is 2.16. The number of nitrogens with zero attached hydrogens (tertiary/aromatic N) is 3. The molecule has 0 unspecified atom stereocenters. The Bertz CT molecular complexity index is 1170. The van der Waals surface area contributed by atoms with E-state index in [9.17, 15) is 4.79 Å². The summed E-state index contributed by atoms with van der Waals surface area (Å²) in [5.41, 5.74) is 10.2. The smallest absolute Gasteiger partial charge is 0.251 e. The zero-order chi connectivity index (χ0) is 19.7. The Labute approximate surface area is 161 Å². The topological polar surface area (TPSA) is 95.1 Å². The van der Waals surface area contributed by atoms with Gasteiger partial charge in [0.15, 0.2) is 5.65 Å². The van der Waals surface area contributed by atoms with Gasteiger partial charge in [-0.05, 0) is 42.0 Å². The van der Waals surface area contributed by atoms with Crippen LogP contribution >= 0.6 is 0 Å². The third kappa shape index (κ3) is 2.92. The fraction of sp³-hybridized carbons (Fsp3) is 0.0952. The number of carbonyl (C=O) groups is 1. The van der Waals surface area contributed by atoms with Crippen molar-refractivity contribution < 1.29 is 9.53 Å². The molecule has 7 heteroatoms. The lowest BCUT2D eigenvalue weighted by Gasteiger charge is -2.06. The van der Waals surface area contributed by atoms with Crippen molar-refractivity contribution in [3.8, 4) is 22.6 Å². The number of hydrogen-bond donors (Lipinski definition) is 2. The molecule has 0 saturated carbocycles. The maximum Gasteiger partial charge on any atom is 0.251 e. The maximum atomic E-state index is 11.8. The number of nitrogens with one attached hydrogen (secondary N) is 1. The number of amides is 1. The molecule has 0 fully saturated rings. The Hall–Kier alpha value is -3.87. The summed E-state index contributed by atoms with van der Waals surface area (Å²) >= 11 is 0. The van der Waals surface area contributed by atoms with Crippen molar-refractivity contribution in [2.45, 2.75) is 0 Å². The van der Waals surface area contributed by atoms with Crippen molar-refractivity contribution in [3.05, 3.63) is 66.6 Å². The Morgan fingerprint density at radius 1 is 1.14 bits per heavy atom. The zero-order valence-electron chi connectivity index (χ0n) is 15.5. The van der Waals surface area contributed by atoms with Gasteiger partial charge in [-0.1, -0.05) is 12.1 Å². The van der Waals surface area contributed by atoms with E-state index in [0.717, 1.165) is 28.0 Å². The van der Waals surface area contributed by atoms with Crippen LogP contribution in [0.2, 0.25) is 0 Å². The summed E-state index contributed by atoms with van der Waals surface area (Å²) < 4.78 is 7.29. The van der Waals surface area contributed by atoms with Crippen molar-refractivity contribution in [2.24, 2.45) is 0 Å². The summed E-state index contributed by atoms with van der Waals surface area (Å²) in [6.07, 6.45) is 3.42. The SMILES string of the molecule is CNC(=O)c1ccc(-n2cc(-c3cccc(OC)c3)c3c(N)ncnc32)cc1. The minimum absolute atomic E-state index is 0.132. The molecule has 3 N–H and O–H groups in total. The molecule has 140 valence electrons. The van der Waals surface area contributed by atoms with Crippen molar-refractivity contribution in [3.63, 3.8) is 0 Å². The second-order valence-electron chi connectivity index (χ2n) is 6.23. The van der Waals surface area contributed by atoms with Gasteiger partial charge in [0.05, 0.1) is 12.5 Å². The summed E-state index contributed by atoms with van der Waals surface area (Å²) in [7, 11) is 3.24. The third-order valence-electron chi connectivity index (χ3n) is 4.63. The van der Waals surface area contributed by atoms with Crippen molar-refractivity contribution >= 4 is 22.8 Å². The molecule has 4 rings (SSSR count). The van der Waals surface area contributed by atoms with E-state index >= 15 is 0 Å². The number of methoxy groups -OCH3 is 1. The lowest BCUT2D eigenvalue weighted by Crippen LogP contribution is -2.17. The van der Waals surface area contributed by atoms with Crippen LogP contribution in [-0.4, -0.2) is 34.6 Å². The second kappa shape index (κ2) is 7.03. The van der Waals surface area contributed by atoms with Gasteiger partial charge in [0.25, 0.3) is 5.91 Å². The molecule has 0 aliphatic heterocycles. The number of rotatable bonds is 4. The largest absolute Gasteiger partial charge is 0.497 e. The summed E-state index contributed by atoms with van der Waals surface area (Å²) in [4.78, 5) is 20.4. The number of anilines is 1. The minimum Gasteiger partial charge on any atom is -0.497 e. The lowest BCUT2D eigenvalue weighted by molar-refractivity contribution is 0.0963. The Morgan fingerprint density at radius 2 is 1.93 bits per heavy atom. The Morgan fingerprint density at radius 3 is 2.64 bits per heavy atom. The highest BCUT2D eigenvalue weighted by Crippen LogP contribution is 2.35. The van der Waals surface area contributed by atoms with E-state index in [1.807, 2.05) is 47.2 Å². The van der Waals surface area contributed by atoms with Crippen LogP contribution in [-0.2, 0) is 0 Å². The zero-order valence-corrected chi connectivity index (χ0v) is 15.5. The number of carbonyl (C=O) groups excluding carboxylic acids is 1. The van der Waals surface area contributed by atoms with E-state index in [4.69, 9.17) is 10.5 Å². The van der Waals surface area contributed by atoms with Crippen molar-refractivity contribution in [1.29, 1.82) is 0 Å². The van der Waals surface area contributed by atoms with Gasteiger partial charge in [0, 0.05) is 30.1 Å². The van der Waals surface area contributed by atoms with Crippen LogP contribution in [0.25, 0.3) is 27.8 Å². The molecule has 0 saturated heterocycles. The predicted molar refractivity (Wildman–Crippen MR) is 109 cm³/mol. The summed E-state index contributed by atoms with van der Waals surface area (Å²) in [6, 6.07) is 15.0. The normalized spacial score (nSPS) is 10.8. The molecule has 0 aliphatic carbocycles. The van der Waals surface area contributed by atoms with Crippen LogP contribution < -0.4 is 15.8 Å². The molecular weight excluding hydrogens is 354 g/mol. The van der Waals surface area contributed by atoms with Gasteiger partial charge in [0.2, 0.25) is 0 Å². The highest BCUT2D eigenvalue weighted by atomic mass is 16.5. The summed E-state index contributed by atoms with van der Waals surface area (Å²) in [5, 5.41) is 3.39. The van der Waals surface area contributed by atoms with Crippen LogP contribution in [0.1, 0.15) is 10.4 Å². The molecule has 2 aromatic carbocycles. The molecule has 2 heterocycles. The number of hydrogen-bond acceptors (Lipinski definition) is 5. The van der Waals surface area contributed by atoms with Crippen LogP contribution in [0.5, 0.6) is 5.75 Å². The van der Waals surface area contributed by atoms with Gasteiger partial charge in [-0.25, -0.2) is 9.97 Å². The first kappa shape index (κ1) is 17.5. The molecule has 4 aromatic rings. The monoisotopic (exact) mass is 373 g/mol. The molecule has 1 amide bonds. The highest BCUT2D eigenvalue weighted by molar-refractivity contribution is 6.01. The Kier molecular flexibility index (Phi) is 4.41. The van der Waals surface area contributed by atoms with Gasteiger partial charge < -0.3 is 20.4 Å². The van der Waals surface area contributed by atoms with Crippen LogP contribution in [0.15, 0.2) is 61.1 Å². The average Bonchev–Trinajstić information content (AvgIpc) is 3.14. The summed E-state index contributed by atoms with van der Waals surface area (Å²) in [5.74, 6) is 1.03. The molecule has 0 aliphatic rings. The van der Waals surface area contributed by atoms with E-state index in [-0.39, 0.29) is 5.91 Å². The maximum absolute atomic E-state index is 11.8. The van der Waals surface area contributed by atoms with Crippen molar-refractivity contribution in [1.82, 2.24) is 19.9 Å².